The van der Waals surface area contributed by atoms with E-state index in [2.05, 4.69) is 0 Å². The van der Waals surface area contributed by atoms with Crippen LogP contribution in [0.4, 0.5) is 0 Å². The van der Waals surface area contributed by atoms with E-state index in [9.17, 15) is 4.79 Å². The van der Waals surface area contributed by atoms with Gasteiger partial charge in [-0.15, -0.1) is 0 Å². The monoisotopic (exact) mass is 126 g/mol. The summed E-state index contributed by atoms with van der Waals surface area (Å²) in [6, 6.07) is 0. The molecule has 36 valence electrons. The highest BCUT2D eigenvalue weighted by molar-refractivity contribution is 6.55. The molecule has 0 unspecified atom stereocenters. The molecule has 0 spiro atoms. The van der Waals surface area contributed by atoms with Crippen molar-refractivity contribution in [3.05, 3.63) is 0 Å². The van der Waals surface area contributed by atoms with Gasteiger partial charge in [0.05, 0.1) is 0 Å². The van der Waals surface area contributed by atoms with Crippen molar-refractivity contribution in [2.75, 3.05) is 0 Å². The molecule has 0 saturated carbocycles. The minimum atomic E-state index is -1.19. The third-order valence-corrected chi connectivity index (χ3v) is 0.385. The fourth-order valence-corrected chi connectivity index (χ4v) is 0. The summed E-state index contributed by atoms with van der Waals surface area (Å²) in [7, 11) is 0. The number of alkyl halides is 2. The van der Waals surface area contributed by atoms with Gasteiger partial charge in [0, 0.05) is 0 Å². The summed E-state index contributed by atoms with van der Waals surface area (Å²) < 4.78 is -1.19. The highest BCUT2D eigenvalue weighted by Gasteiger charge is 2.12. The summed E-state index contributed by atoms with van der Waals surface area (Å²) in [5.74, 6) is 0. The summed E-state index contributed by atoms with van der Waals surface area (Å²) in [5.41, 5.74) is 0. The van der Waals surface area contributed by atoms with Crippen LogP contribution in [0.25, 0.3) is 0 Å². The van der Waals surface area contributed by atoms with Gasteiger partial charge in [-0.05, 0) is 6.92 Å². The molecule has 0 fully saturated rings. The van der Waals surface area contributed by atoms with Gasteiger partial charge in [0.15, 0.2) is 10.6 Å². The maximum Gasteiger partial charge on any atom is 0.170 e. The zero-order valence-electron chi connectivity index (χ0n) is 3.24. The third-order valence-electron chi connectivity index (χ3n) is 0.207. The molecule has 1 nitrogen and oxygen atoms in total. The predicted molar refractivity (Wildman–Crippen MR) is 26.2 cm³/mol. The van der Waals surface area contributed by atoms with Crippen molar-refractivity contribution >= 4 is 29.5 Å². The number of aldehydes is 1. The van der Waals surface area contributed by atoms with Crippen LogP contribution in [-0.2, 0) is 4.79 Å². The van der Waals surface area contributed by atoms with Crippen molar-refractivity contribution in [3.8, 4) is 0 Å². The summed E-state index contributed by atoms with van der Waals surface area (Å²) in [6.07, 6.45) is 0.468. The molecule has 6 heavy (non-hydrogen) atoms. The predicted octanol–water partition coefficient (Wildman–Crippen LogP) is 1.38. The zero-order chi connectivity index (χ0) is 5.21. The lowest BCUT2D eigenvalue weighted by atomic mass is 10.5. The number of rotatable bonds is 1. The van der Waals surface area contributed by atoms with Crippen LogP contribution in [0.2, 0.25) is 0 Å². The maximum absolute atomic E-state index is 9.56. The molecule has 0 atom stereocenters. The van der Waals surface area contributed by atoms with Crippen molar-refractivity contribution in [3.63, 3.8) is 0 Å². The van der Waals surface area contributed by atoms with Gasteiger partial charge >= 0.3 is 0 Å². The van der Waals surface area contributed by atoms with Gasteiger partial charge in [0.1, 0.15) is 0 Å². The van der Waals surface area contributed by atoms with E-state index < -0.39 is 4.33 Å². The summed E-state index contributed by atoms with van der Waals surface area (Å²) in [4.78, 5) is 9.56. The lowest BCUT2D eigenvalue weighted by molar-refractivity contribution is -0.108. The van der Waals surface area contributed by atoms with Gasteiger partial charge in [0.2, 0.25) is 0 Å². The fourth-order valence-electron chi connectivity index (χ4n) is 0. The van der Waals surface area contributed by atoms with Crippen LogP contribution in [0, 0.1) is 0 Å². The normalized spacial score (nSPS) is 11.2. The van der Waals surface area contributed by atoms with Crippen LogP contribution in [0.3, 0.4) is 0 Å². The van der Waals surface area contributed by atoms with Gasteiger partial charge < -0.3 is 4.79 Å². The average Bonchev–Trinajstić information content (AvgIpc) is 1.35. The molecule has 0 aliphatic rings. The molecular formula is C3H4Cl2O. The van der Waals surface area contributed by atoms with E-state index in [0.29, 0.717) is 6.29 Å². The Morgan fingerprint density at radius 1 is 1.67 bits per heavy atom. The molecular weight excluding hydrogens is 123 g/mol. The zero-order valence-corrected chi connectivity index (χ0v) is 4.75. The van der Waals surface area contributed by atoms with E-state index in [1.807, 2.05) is 0 Å². The largest absolute Gasteiger partial charge is 0.300 e. The van der Waals surface area contributed by atoms with Crippen molar-refractivity contribution in [1.29, 1.82) is 0 Å². The Morgan fingerprint density at radius 3 is 1.83 bits per heavy atom. The van der Waals surface area contributed by atoms with Crippen LogP contribution in [-0.4, -0.2) is 10.6 Å². The quantitative estimate of drug-likeness (QED) is 0.384. The SMILES string of the molecule is CC(Cl)(Cl)C=O. The Bertz CT molecular complexity index is 54.3. The summed E-state index contributed by atoms with van der Waals surface area (Å²) >= 11 is 10.2. The number of hydrogen-bond donors (Lipinski definition) is 0. The van der Waals surface area contributed by atoms with Crippen molar-refractivity contribution in [2.24, 2.45) is 0 Å². The second-order valence-corrected chi connectivity index (χ2v) is 2.84. The van der Waals surface area contributed by atoms with Crippen molar-refractivity contribution in [2.45, 2.75) is 11.3 Å². The van der Waals surface area contributed by atoms with Crippen LogP contribution in [0.15, 0.2) is 0 Å². The van der Waals surface area contributed by atoms with Crippen LogP contribution < -0.4 is 0 Å². The average molecular weight is 127 g/mol. The first-order valence-corrected chi connectivity index (χ1v) is 2.16. The van der Waals surface area contributed by atoms with E-state index in [1.54, 1.807) is 0 Å². The first-order valence-electron chi connectivity index (χ1n) is 1.40. The Morgan fingerprint density at radius 2 is 1.83 bits per heavy atom. The molecule has 0 rings (SSSR count). The van der Waals surface area contributed by atoms with Gasteiger partial charge in [-0.1, -0.05) is 23.2 Å². The van der Waals surface area contributed by atoms with Crippen LogP contribution in [0.1, 0.15) is 6.92 Å². The Kier molecular flexibility index (Phi) is 1.88. The molecule has 0 bridgehead atoms. The van der Waals surface area contributed by atoms with E-state index in [-0.39, 0.29) is 0 Å². The van der Waals surface area contributed by atoms with E-state index in [0.717, 1.165) is 0 Å². The lowest BCUT2D eigenvalue weighted by Crippen LogP contribution is -2.05. The second-order valence-electron chi connectivity index (χ2n) is 1.07. The molecule has 0 heterocycles. The van der Waals surface area contributed by atoms with Gasteiger partial charge in [0.25, 0.3) is 0 Å². The standard InChI is InChI=1S/C3H4Cl2O/c1-3(4,5)2-6/h2H,1H3. The number of halogens is 2. The highest BCUT2D eigenvalue weighted by atomic mass is 35.5. The molecule has 0 radical (unpaired) electrons. The number of hydrogen-bond acceptors (Lipinski definition) is 1. The molecule has 0 aromatic carbocycles. The summed E-state index contributed by atoms with van der Waals surface area (Å²) in [6.45, 7) is 1.41. The Balaban J connectivity index is 3.45. The fraction of sp³-hybridized carbons (Fsp3) is 0.667. The molecule has 0 saturated heterocycles. The number of carbonyl (C=O) groups is 1. The topological polar surface area (TPSA) is 17.1 Å². The molecule has 0 aromatic heterocycles. The number of carbonyl (C=O) groups excluding carboxylic acids is 1. The molecule has 0 N–H and O–H groups in total. The molecule has 0 aliphatic heterocycles. The van der Waals surface area contributed by atoms with Crippen molar-refractivity contribution < 1.29 is 4.79 Å². The Hall–Kier alpha value is 0.250. The molecule has 3 heteroatoms. The van der Waals surface area contributed by atoms with E-state index >= 15 is 0 Å². The second kappa shape index (κ2) is 1.80. The molecule has 0 aliphatic carbocycles. The van der Waals surface area contributed by atoms with Crippen molar-refractivity contribution in [1.82, 2.24) is 0 Å². The van der Waals surface area contributed by atoms with Crippen LogP contribution in [0.5, 0.6) is 0 Å². The first-order chi connectivity index (χ1) is 2.56. The molecule has 0 amide bonds. The molecule has 0 aromatic rings. The van der Waals surface area contributed by atoms with E-state index in [1.165, 1.54) is 6.92 Å². The summed E-state index contributed by atoms with van der Waals surface area (Å²) in [5, 5.41) is 0. The smallest absolute Gasteiger partial charge is 0.170 e. The van der Waals surface area contributed by atoms with Gasteiger partial charge in [-0.2, -0.15) is 0 Å². The lowest BCUT2D eigenvalue weighted by Gasteiger charge is -1.96. The maximum atomic E-state index is 9.56. The van der Waals surface area contributed by atoms with Crippen LogP contribution >= 0.6 is 23.2 Å². The first kappa shape index (κ1) is 6.25. The Labute approximate surface area is 46.2 Å². The third kappa shape index (κ3) is 4.25. The van der Waals surface area contributed by atoms with Gasteiger partial charge in [-0.3, -0.25) is 0 Å². The minimum Gasteiger partial charge on any atom is -0.300 e. The highest BCUT2D eigenvalue weighted by Crippen LogP contribution is 2.14. The van der Waals surface area contributed by atoms with Gasteiger partial charge in [-0.25, -0.2) is 0 Å². The van der Waals surface area contributed by atoms with E-state index in [4.69, 9.17) is 23.2 Å². The minimum absolute atomic E-state index is 0.468.